The molecule has 0 radical (unpaired) electrons. The van der Waals surface area contributed by atoms with Crippen LogP contribution in [0.25, 0.3) is 5.70 Å². The minimum absolute atomic E-state index is 0.127. The first kappa shape index (κ1) is 18.3. The number of carbonyl (C=O) groups is 1. The molecule has 0 spiro atoms. The quantitative estimate of drug-likeness (QED) is 0.505. The lowest BCUT2D eigenvalue weighted by molar-refractivity contribution is 0.0992. The van der Waals surface area contributed by atoms with Crippen LogP contribution in [0, 0.1) is 6.92 Å². The summed E-state index contributed by atoms with van der Waals surface area (Å²) in [5, 5.41) is 11.5. The SMILES string of the molecule is Cc1ccc(C(=O)C(=C(N)c2ccc(Cl)cc2)C(O)c2cccnc2)s1. The van der Waals surface area contributed by atoms with Gasteiger partial charge < -0.3 is 10.8 Å². The average Bonchev–Trinajstić information content (AvgIpc) is 3.09. The Kier molecular flexibility index (Phi) is 5.52. The highest BCUT2D eigenvalue weighted by Crippen LogP contribution is 2.31. The molecule has 132 valence electrons. The van der Waals surface area contributed by atoms with Crippen molar-refractivity contribution in [3.8, 4) is 0 Å². The van der Waals surface area contributed by atoms with Crippen LogP contribution in [-0.2, 0) is 0 Å². The lowest BCUT2D eigenvalue weighted by Gasteiger charge is -2.17. The van der Waals surface area contributed by atoms with E-state index in [4.69, 9.17) is 17.3 Å². The number of benzene rings is 1. The number of hydrogen-bond acceptors (Lipinski definition) is 5. The van der Waals surface area contributed by atoms with E-state index in [1.807, 2.05) is 13.0 Å². The Balaban J connectivity index is 2.13. The van der Waals surface area contributed by atoms with Gasteiger partial charge in [-0.25, -0.2) is 0 Å². The van der Waals surface area contributed by atoms with E-state index in [-0.39, 0.29) is 17.1 Å². The predicted octanol–water partition coefficient (Wildman–Crippen LogP) is 4.39. The van der Waals surface area contributed by atoms with Gasteiger partial charge in [-0.15, -0.1) is 11.3 Å². The van der Waals surface area contributed by atoms with Gasteiger partial charge in [0.25, 0.3) is 0 Å². The number of nitrogens with two attached hydrogens (primary N) is 1. The van der Waals surface area contributed by atoms with Crippen molar-refractivity contribution in [1.82, 2.24) is 4.98 Å². The molecule has 4 nitrogen and oxygen atoms in total. The number of ketones is 1. The summed E-state index contributed by atoms with van der Waals surface area (Å²) in [7, 11) is 0. The third kappa shape index (κ3) is 3.85. The first-order valence-corrected chi connectivity index (χ1v) is 9.11. The van der Waals surface area contributed by atoms with Crippen molar-refractivity contribution in [2.24, 2.45) is 5.73 Å². The summed E-state index contributed by atoms with van der Waals surface area (Å²) >= 11 is 7.30. The van der Waals surface area contributed by atoms with E-state index in [0.29, 0.717) is 21.0 Å². The lowest BCUT2D eigenvalue weighted by Crippen LogP contribution is -2.17. The monoisotopic (exact) mass is 384 g/mol. The molecule has 2 heterocycles. The topological polar surface area (TPSA) is 76.2 Å². The molecule has 0 fully saturated rings. The highest BCUT2D eigenvalue weighted by molar-refractivity contribution is 7.14. The molecule has 0 aliphatic rings. The molecule has 0 saturated carbocycles. The molecule has 1 aromatic carbocycles. The maximum Gasteiger partial charge on any atom is 0.203 e. The Morgan fingerprint density at radius 2 is 1.92 bits per heavy atom. The van der Waals surface area contributed by atoms with Crippen LogP contribution in [0.2, 0.25) is 5.02 Å². The summed E-state index contributed by atoms with van der Waals surface area (Å²) in [6.07, 6.45) is 1.94. The third-order valence-electron chi connectivity index (χ3n) is 3.93. The second-order valence-electron chi connectivity index (χ2n) is 5.76. The maximum atomic E-state index is 13.1. The molecule has 1 unspecified atom stereocenters. The number of aliphatic hydroxyl groups excluding tert-OH is 1. The van der Waals surface area contributed by atoms with Crippen molar-refractivity contribution >= 4 is 34.4 Å². The number of aryl methyl sites for hydroxylation is 1. The molecule has 1 atom stereocenters. The van der Waals surface area contributed by atoms with Gasteiger partial charge in [-0.1, -0.05) is 29.8 Å². The van der Waals surface area contributed by atoms with E-state index in [2.05, 4.69) is 4.98 Å². The highest BCUT2D eigenvalue weighted by Gasteiger charge is 2.26. The fourth-order valence-corrected chi connectivity index (χ4v) is 3.52. The summed E-state index contributed by atoms with van der Waals surface area (Å²) in [6, 6.07) is 13.8. The number of hydrogen-bond donors (Lipinski definition) is 2. The molecule has 0 aliphatic heterocycles. The summed E-state index contributed by atoms with van der Waals surface area (Å²) in [6.45, 7) is 1.92. The van der Waals surface area contributed by atoms with Gasteiger partial charge in [-0.05, 0) is 42.8 Å². The molecule has 0 bridgehead atoms. The second kappa shape index (κ2) is 7.83. The van der Waals surface area contributed by atoms with E-state index in [1.54, 1.807) is 48.7 Å². The first-order valence-electron chi connectivity index (χ1n) is 7.92. The van der Waals surface area contributed by atoms with Crippen molar-refractivity contribution in [2.75, 3.05) is 0 Å². The van der Waals surface area contributed by atoms with Crippen LogP contribution >= 0.6 is 22.9 Å². The smallest absolute Gasteiger partial charge is 0.203 e. The molecule has 0 aliphatic carbocycles. The van der Waals surface area contributed by atoms with Crippen molar-refractivity contribution < 1.29 is 9.90 Å². The number of Topliss-reactive ketones (excluding diaryl/α,β-unsaturated/α-hetero) is 1. The number of rotatable bonds is 5. The number of thiophene rings is 1. The van der Waals surface area contributed by atoms with Crippen LogP contribution in [0.4, 0.5) is 0 Å². The lowest BCUT2D eigenvalue weighted by atomic mass is 9.94. The number of aliphatic hydroxyl groups is 1. The molecule has 3 rings (SSSR count). The molecule has 2 aromatic heterocycles. The van der Waals surface area contributed by atoms with Gasteiger partial charge >= 0.3 is 0 Å². The second-order valence-corrected chi connectivity index (χ2v) is 7.49. The van der Waals surface area contributed by atoms with Gasteiger partial charge in [0.1, 0.15) is 6.10 Å². The standard InChI is InChI=1S/C20H17ClN2O2S/c1-12-4-9-16(26-12)20(25)17(19(24)14-3-2-10-23-11-14)18(22)13-5-7-15(21)8-6-13/h2-11,19,24H,22H2,1H3. The van der Waals surface area contributed by atoms with Gasteiger partial charge in [-0.3, -0.25) is 9.78 Å². The molecular weight excluding hydrogens is 368 g/mol. The highest BCUT2D eigenvalue weighted by atomic mass is 35.5. The first-order chi connectivity index (χ1) is 12.5. The van der Waals surface area contributed by atoms with E-state index in [0.717, 1.165) is 4.88 Å². The van der Waals surface area contributed by atoms with Gasteiger partial charge in [0.15, 0.2) is 0 Å². The number of aromatic nitrogens is 1. The predicted molar refractivity (Wildman–Crippen MR) is 105 cm³/mol. The molecule has 0 amide bonds. The number of pyridine rings is 1. The van der Waals surface area contributed by atoms with Crippen LogP contribution in [0.1, 0.15) is 31.8 Å². The molecular formula is C20H17ClN2O2S. The van der Waals surface area contributed by atoms with Crippen molar-refractivity contribution in [2.45, 2.75) is 13.0 Å². The fraction of sp³-hybridized carbons (Fsp3) is 0.100. The molecule has 6 heteroatoms. The zero-order valence-electron chi connectivity index (χ0n) is 14.0. The minimum atomic E-state index is -1.19. The third-order valence-corrected chi connectivity index (χ3v) is 5.18. The van der Waals surface area contributed by atoms with Gasteiger partial charge in [-0.2, -0.15) is 0 Å². The maximum absolute atomic E-state index is 13.1. The van der Waals surface area contributed by atoms with E-state index in [9.17, 15) is 9.90 Å². The minimum Gasteiger partial charge on any atom is -0.398 e. The molecule has 3 aromatic rings. The normalized spacial score (nSPS) is 13.2. The van der Waals surface area contributed by atoms with Crippen molar-refractivity contribution in [3.63, 3.8) is 0 Å². The summed E-state index contributed by atoms with van der Waals surface area (Å²) < 4.78 is 0. The number of carbonyl (C=O) groups excluding carboxylic acids is 1. The van der Waals surface area contributed by atoms with E-state index < -0.39 is 6.10 Å². The fourth-order valence-electron chi connectivity index (χ4n) is 2.57. The van der Waals surface area contributed by atoms with Gasteiger partial charge in [0, 0.05) is 33.6 Å². The molecule has 26 heavy (non-hydrogen) atoms. The van der Waals surface area contributed by atoms with Gasteiger partial charge in [0.2, 0.25) is 5.78 Å². The van der Waals surface area contributed by atoms with Crippen molar-refractivity contribution in [3.05, 3.63) is 92.4 Å². The Bertz CT molecular complexity index is 949. The number of halogens is 1. The summed E-state index contributed by atoms with van der Waals surface area (Å²) in [5.41, 5.74) is 7.78. The van der Waals surface area contributed by atoms with Gasteiger partial charge in [0.05, 0.1) is 10.5 Å². The summed E-state index contributed by atoms with van der Waals surface area (Å²) in [4.78, 5) is 18.7. The average molecular weight is 385 g/mol. The zero-order valence-corrected chi connectivity index (χ0v) is 15.6. The largest absolute Gasteiger partial charge is 0.398 e. The van der Waals surface area contributed by atoms with E-state index >= 15 is 0 Å². The van der Waals surface area contributed by atoms with E-state index in [1.165, 1.54) is 17.5 Å². The molecule has 0 saturated heterocycles. The Morgan fingerprint density at radius 3 is 2.50 bits per heavy atom. The Hall–Kier alpha value is -2.47. The van der Waals surface area contributed by atoms with Crippen molar-refractivity contribution in [1.29, 1.82) is 0 Å². The van der Waals surface area contributed by atoms with Crippen LogP contribution in [0.15, 0.2) is 66.5 Å². The van der Waals surface area contributed by atoms with Crippen LogP contribution in [-0.4, -0.2) is 15.9 Å². The molecule has 3 N–H and O–H groups in total. The van der Waals surface area contributed by atoms with Crippen LogP contribution in [0.3, 0.4) is 0 Å². The Morgan fingerprint density at radius 1 is 1.19 bits per heavy atom. The van der Waals surface area contributed by atoms with Crippen LogP contribution in [0.5, 0.6) is 0 Å². The van der Waals surface area contributed by atoms with Crippen LogP contribution < -0.4 is 5.73 Å². The summed E-state index contributed by atoms with van der Waals surface area (Å²) in [5.74, 6) is -0.299. The Labute approximate surface area is 160 Å². The number of nitrogens with zero attached hydrogens (tertiary/aromatic N) is 1. The zero-order chi connectivity index (χ0) is 18.7.